The highest BCUT2D eigenvalue weighted by Crippen LogP contribution is 2.32. The van der Waals surface area contributed by atoms with E-state index < -0.39 is 4.92 Å². The summed E-state index contributed by atoms with van der Waals surface area (Å²) in [6.45, 7) is 2.53. The first-order chi connectivity index (χ1) is 12.2. The summed E-state index contributed by atoms with van der Waals surface area (Å²) >= 11 is 0. The van der Waals surface area contributed by atoms with Crippen molar-refractivity contribution in [2.45, 2.75) is 6.92 Å². The van der Waals surface area contributed by atoms with Gasteiger partial charge in [-0.15, -0.1) is 0 Å². The molecule has 7 heteroatoms. The molecule has 4 aromatic rings. The van der Waals surface area contributed by atoms with Crippen LogP contribution in [-0.2, 0) is 0 Å². The van der Waals surface area contributed by atoms with Crippen molar-refractivity contribution >= 4 is 27.5 Å². The van der Waals surface area contributed by atoms with Gasteiger partial charge in [0, 0.05) is 34.7 Å². The molecule has 0 aliphatic heterocycles. The summed E-state index contributed by atoms with van der Waals surface area (Å²) in [5.41, 5.74) is 3.25. The molecule has 4 rings (SSSR count). The summed E-state index contributed by atoms with van der Waals surface area (Å²) in [7, 11) is 0. The topological polar surface area (TPSA) is 93.9 Å². The van der Waals surface area contributed by atoms with E-state index in [1.807, 2.05) is 25.1 Å². The molecule has 0 spiro atoms. The van der Waals surface area contributed by atoms with Crippen molar-refractivity contribution in [3.63, 3.8) is 0 Å². The van der Waals surface area contributed by atoms with Crippen molar-refractivity contribution in [2.75, 3.05) is 6.61 Å². The number of benzene rings is 2. The molecule has 0 saturated heterocycles. The van der Waals surface area contributed by atoms with E-state index in [2.05, 4.69) is 15.2 Å². The van der Waals surface area contributed by atoms with E-state index in [9.17, 15) is 10.1 Å². The van der Waals surface area contributed by atoms with Gasteiger partial charge in [-0.25, -0.2) is 0 Å². The van der Waals surface area contributed by atoms with Crippen LogP contribution >= 0.6 is 0 Å². The number of H-pyrrole nitrogens is 1. The van der Waals surface area contributed by atoms with Gasteiger partial charge in [0.1, 0.15) is 11.4 Å². The second-order valence-electron chi connectivity index (χ2n) is 5.54. The maximum Gasteiger partial charge on any atom is 0.269 e. The lowest BCUT2D eigenvalue weighted by atomic mass is 10.1. The zero-order valence-electron chi connectivity index (χ0n) is 13.4. The summed E-state index contributed by atoms with van der Waals surface area (Å²) in [6, 6.07) is 12.1. The fraction of sp³-hybridized carbons (Fsp3) is 0.111. The third kappa shape index (κ3) is 2.55. The largest absolute Gasteiger partial charge is 0.494 e. The van der Waals surface area contributed by atoms with Crippen molar-refractivity contribution in [3.05, 3.63) is 58.8 Å². The molecule has 2 aromatic carbocycles. The third-order valence-corrected chi connectivity index (χ3v) is 4.04. The van der Waals surface area contributed by atoms with Gasteiger partial charge < -0.3 is 4.74 Å². The minimum absolute atomic E-state index is 0.0496. The molecule has 0 saturated carbocycles. The molecule has 25 heavy (non-hydrogen) atoms. The number of nitrogens with one attached hydrogen (secondary N) is 1. The van der Waals surface area contributed by atoms with Crippen LogP contribution in [0, 0.1) is 10.1 Å². The number of fused-ring (bicyclic) bond motifs is 3. The van der Waals surface area contributed by atoms with Crippen LogP contribution in [0.5, 0.6) is 5.75 Å². The number of non-ortho nitro benzene ring substituents is 1. The normalized spacial score (nSPS) is 11.1. The SMILES string of the molecule is CCOc1ccc2ncc3c(-c4ccc([N+](=O)[O-])cc4)n[nH]c3c2c1. The number of pyridine rings is 1. The van der Waals surface area contributed by atoms with Gasteiger partial charge in [0.2, 0.25) is 0 Å². The number of aromatic amines is 1. The second kappa shape index (κ2) is 5.86. The Morgan fingerprint density at radius 1 is 1.16 bits per heavy atom. The zero-order valence-corrected chi connectivity index (χ0v) is 13.4. The molecule has 0 unspecified atom stereocenters. The lowest BCUT2D eigenvalue weighted by Gasteiger charge is -2.05. The van der Waals surface area contributed by atoms with Crippen LogP contribution in [-0.4, -0.2) is 26.7 Å². The summed E-state index contributed by atoms with van der Waals surface area (Å²) in [6.07, 6.45) is 1.76. The predicted octanol–water partition coefficient (Wildman–Crippen LogP) is 4.09. The molecular formula is C18H14N4O3. The molecular weight excluding hydrogens is 320 g/mol. The van der Waals surface area contributed by atoms with Gasteiger partial charge in [-0.2, -0.15) is 5.10 Å². The van der Waals surface area contributed by atoms with E-state index in [-0.39, 0.29) is 5.69 Å². The number of hydrogen-bond donors (Lipinski definition) is 1. The quantitative estimate of drug-likeness (QED) is 0.448. The molecule has 0 aliphatic carbocycles. The Morgan fingerprint density at radius 3 is 2.68 bits per heavy atom. The van der Waals surface area contributed by atoms with E-state index in [0.717, 1.165) is 33.1 Å². The number of aromatic nitrogens is 3. The molecule has 0 amide bonds. The molecule has 1 N–H and O–H groups in total. The van der Waals surface area contributed by atoms with E-state index in [1.165, 1.54) is 12.1 Å². The minimum Gasteiger partial charge on any atom is -0.494 e. The molecule has 0 atom stereocenters. The van der Waals surface area contributed by atoms with Crippen LogP contribution in [0.15, 0.2) is 48.7 Å². The highest BCUT2D eigenvalue weighted by Gasteiger charge is 2.13. The molecule has 0 aliphatic rings. The fourth-order valence-corrected chi connectivity index (χ4v) is 2.86. The van der Waals surface area contributed by atoms with Gasteiger partial charge in [0.25, 0.3) is 5.69 Å². The predicted molar refractivity (Wildman–Crippen MR) is 94.7 cm³/mol. The number of nitro groups is 1. The van der Waals surface area contributed by atoms with Crippen LogP contribution in [0.4, 0.5) is 5.69 Å². The van der Waals surface area contributed by atoms with Crippen molar-refractivity contribution < 1.29 is 9.66 Å². The van der Waals surface area contributed by atoms with Gasteiger partial charge in [-0.05, 0) is 37.3 Å². The maximum atomic E-state index is 10.8. The first-order valence-electron chi connectivity index (χ1n) is 7.82. The molecule has 0 bridgehead atoms. The maximum absolute atomic E-state index is 10.8. The van der Waals surface area contributed by atoms with E-state index >= 15 is 0 Å². The van der Waals surface area contributed by atoms with Gasteiger partial charge in [-0.1, -0.05) is 0 Å². The summed E-state index contributed by atoms with van der Waals surface area (Å²) in [5, 5.41) is 20.0. The third-order valence-electron chi connectivity index (χ3n) is 4.04. The summed E-state index contributed by atoms with van der Waals surface area (Å²) < 4.78 is 5.56. The minimum atomic E-state index is -0.420. The van der Waals surface area contributed by atoms with E-state index in [0.29, 0.717) is 12.3 Å². The van der Waals surface area contributed by atoms with Gasteiger partial charge in [0.05, 0.1) is 22.6 Å². The number of nitrogens with zero attached hydrogens (tertiary/aromatic N) is 3. The highest BCUT2D eigenvalue weighted by molar-refractivity contribution is 6.07. The molecule has 2 aromatic heterocycles. The first kappa shape index (κ1) is 15.1. The fourth-order valence-electron chi connectivity index (χ4n) is 2.86. The Labute approximate surface area is 142 Å². The Bertz CT molecular complexity index is 1090. The average molecular weight is 334 g/mol. The Hall–Kier alpha value is -3.48. The van der Waals surface area contributed by atoms with Crippen LogP contribution in [0.25, 0.3) is 33.1 Å². The number of rotatable bonds is 4. The van der Waals surface area contributed by atoms with Gasteiger partial charge >= 0.3 is 0 Å². The Morgan fingerprint density at radius 2 is 1.96 bits per heavy atom. The highest BCUT2D eigenvalue weighted by atomic mass is 16.6. The van der Waals surface area contributed by atoms with Crippen LogP contribution in [0.1, 0.15) is 6.92 Å². The van der Waals surface area contributed by atoms with Crippen LogP contribution in [0.2, 0.25) is 0 Å². The van der Waals surface area contributed by atoms with E-state index in [1.54, 1.807) is 18.3 Å². The Balaban J connectivity index is 1.87. The van der Waals surface area contributed by atoms with Crippen LogP contribution in [0.3, 0.4) is 0 Å². The van der Waals surface area contributed by atoms with Crippen molar-refractivity contribution in [2.24, 2.45) is 0 Å². The van der Waals surface area contributed by atoms with Crippen LogP contribution < -0.4 is 4.74 Å². The zero-order chi connectivity index (χ0) is 17.4. The molecule has 7 nitrogen and oxygen atoms in total. The monoisotopic (exact) mass is 334 g/mol. The number of nitro benzene ring substituents is 1. The van der Waals surface area contributed by atoms with E-state index in [4.69, 9.17) is 4.74 Å². The molecule has 0 fully saturated rings. The lowest BCUT2D eigenvalue weighted by molar-refractivity contribution is -0.384. The molecule has 2 heterocycles. The molecule has 0 radical (unpaired) electrons. The number of hydrogen-bond acceptors (Lipinski definition) is 5. The lowest BCUT2D eigenvalue weighted by Crippen LogP contribution is -1.91. The standard InChI is InChI=1S/C18H14N4O3/c1-2-25-13-7-8-16-14(9-13)18-15(10-19-16)17(20-21-18)11-3-5-12(6-4-11)22(23)24/h3-10H,2H2,1H3,(H,20,21). The van der Waals surface area contributed by atoms with Crippen molar-refractivity contribution in [1.82, 2.24) is 15.2 Å². The average Bonchev–Trinajstić information content (AvgIpc) is 3.06. The number of ether oxygens (including phenoxy) is 1. The Kier molecular flexibility index (Phi) is 3.53. The van der Waals surface area contributed by atoms with Crippen molar-refractivity contribution in [1.29, 1.82) is 0 Å². The van der Waals surface area contributed by atoms with Gasteiger partial charge in [0.15, 0.2) is 0 Å². The first-order valence-corrected chi connectivity index (χ1v) is 7.82. The summed E-state index contributed by atoms with van der Waals surface area (Å²) in [5.74, 6) is 0.774. The smallest absolute Gasteiger partial charge is 0.269 e. The van der Waals surface area contributed by atoms with Crippen molar-refractivity contribution in [3.8, 4) is 17.0 Å². The summed E-state index contributed by atoms with van der Waals surface area (Å²) in [4.78, 5) is 14.9. The molecule has 124 valence electrons. The van der Waals surface area contributed by atoms with Gasteiger partial charge in [-0.3, -0.25) is 20.2 Å². The second-order valence-corrected chi connectivity index (χ2v) is 5.54.